The monoisotopic (exact) mass is 340 g/mol. The number of fused-ring (bicyclic) bond motifs is 1. The van der Waals surface area contributed by atoms with Crippen molar-refractivity contribution in [1.82, 2.24) is 5.32 Å². The van der Waals surface area contributed by atoms with E-state index in [2.05, 4.69) is 16.3 Å². The van der Waals surface area contributed by atoms with Crippen LogP contribution in [0.15, 0.2) is 29.2 Å². The Morgan fingerprint density at radius 2 is 2.18 bits per heavy atom. The van der Waals surface area contributed by atoms with Gasteiger partial charge in [-0.05, 0) is 30.7 Å². The maximum atomic E-state index is 12.2. The van der Waals surface area contributed by atoms with Gasteiger partial charge in [-0.1, -0.05) is 12.1 Å². The summed E-state index contributed by atoms with van der Waals surface area (Å²) in [5.41, 5.74) is 1.10. The van der Waals surface area contributed by atoms with Crippen LogP contribution in [0.2, 0.25) is 0 Å². The van der Waals surface area contributed by atoms with Gasteiger partial charge in [0.15, 0.2) is 9.84 Å². The van der Waals surface area contributed by atoms with E-state index in [-0.39, 0.29) is 30.0 Å². The smallest absolute Gasteiger partial charge is 0.239 e. The van der Waals surface area contributed by atoms with Crippen molar-refractivity contribution in [1.29, 1.82) is 0 Å². The second-order valence-corrected chi connectivity index (χ2v) is 9.12. The summed E-state index contributed by atoms with van der Waals surface area (Å²) in [5.74, 6) is 1.21. The number of thioether (sulfide) groups is 1. The Labute approximate surface area is 135 Å². The van der Waals surface area contributed by atoms with Crippen molar-refractivity contribution in [2.45, 2.75) is 23.8 Å². The molecule has 1 saturated heterocycles. The molecule has 0 radical (unpaired) electrons. The Kier molecular flexibility index (Phi) is 4.63. The SMILES string of the molecule is O=C(CN1CCCSc2ccccc21)N[C@H]1CCS(=O)(=O)C1. The van der Waals surface area contributed by atoms with Crippen LogP contribution in [0.25, 0.3) is 0 Å². The number of rotatable bonds is 3. The average Bonchev–Trinajstić information content (AvgIpc) is 2.69. The first-order valence-corrected chi connectivity index (χ1v) is 10.3. The molecule has 0 spiro atoms. The lowest BCUT2D eigenvalue weighted by atomic mass is 10.2. The molecule has 120 valence electrons. The summed E-state index contributed by atoms with van der Waals surface area (Å²) in [4.78, 5) is 15.5. The van der Waals surface area contributed by atoms with Crippen molar-refractivity contribution in [3.63, 3.8) is 0 Å². The van der Waals surface area contributed by atoms with Crippen LogP contribution in [0.5, 0.6) is 0 Å². The lowest BCUT2D eigenvalue weighted by Crippen LogP contribution is -2.43. The molecule has 0 saturated carbocycles. The molecule has 7 heteroatoms. The quantitative estimate of drug-likeness (QED) is 0.898. The second kappa shape index (κ2) is 6.50. The number of nitrogens with one attached hydrogen (secondary N) is 1. The van der Waals surface area contributed by atoms with E-state index in [9.17, 15) is 13.2 Å². The molecular weight excluding hydrogens is 320 g/mol. The third-order valence-corrected chi connectivity index (χ3v) is 6.88. The summed E-state index contributed by atoms with van der Waals surface area (Å²) >= 11 is 1.82. The molecule has 2 aliphatic heterocycles. The minimum Gasteiger partial charge on any atom is -0.361 e. The molecule has 1 aromatic rings. The van der Waals surface area contributed by atoms with E-state index in [0.717, 1.165) is 24.4 Å². The molecule has 2 aliphatic rings. The van der Waals surface area contributed by atoms with E-state index in [1.807, 2.05) is 30.0 Å². The molecule has 3 rings (SSSR count). The maximum absolute atomic E-state index is 12.2. The Hall–Kier alpha value is -1.21. The summed E-state index contributed by atoms with van der Waals surface area (Å²) in [6.07, 6.45) is 1.56. The third-order valence-electron chi connectivity index (χ3n) is 3.97. The van der Waals surface area contributed by atoms with Gasteiger partial charge in [-0.3, -0.25) is 4.79 Å². The average molecular weight is 340 g/mol. The highest BCUT2D eigenvalue weighted by Gasteiger charge is 2.29. The van der Waals surface area contributed by atoms with Crippen LogP contribution in [-0.2, 0) is 14.6 Å². The van der Waals surface area contributed by atoms with Crippen molar-refractivity contribution in [2.75, 3.05) is 35.2 Å². The van der Waals surface area contributed by atoms with Gasteiger partial charge in [0.25, 0.3) is 0 Å². The number of hydrogen-bond acceptors (Lipinski definition) is 5. The Morgan fingerprint density at radius 3 is 2.95 bits per heavy atom. The summed E-state index contributed by atoms with van der Waals surface area (Å²) in [6.45, 7) is 1.13. The molecular formula is C15H20N2O3S2. The van der Waals surface area contributed by atoms with E-state index in [0.29, 0.717) is 6.42 Å². The standard InChI is InChI=1S/C15H20N2O3S2/c18-15(16-12-6-9-22(19,20)11-12)10-17-7-3-8-21-14-5-2-1-4-13(14)17/h1-2,4-5,12H,3,6-11H2,(H,16,18)/t12-/m0/s1. The largest absolute Gasteiger partial charge is 0.361 e. The first kappa shape index (κ1) is 15.7. The van der Waals surface area contributed by atoms with E-state index in [1.165, 1.54) is 4.90 Å². The van der Waals surface area contributed by atoms with Gasteiger partial charge in [-0.15, -0.1) is 11.8 Å². The fourth-order valence-corrected chi connectivity index (χ4v) is 5.60. The number of amides is 1. The first-order valence-electron chi connectivity index (χ1n) is 7.50. The molecule has 2 heterocycles. The zero-order chi connectivity index (χ0) is 15.6. The lowest BCUT2D eigenvalue weighted by Gasteiger charge is -2.24. The van der Waals surface area contributed by atoms with Crippen LogP contribution in [-0.4, -0.2) is 50.7 Å². The number of hydrogen-bond donors (Lipinski definition) is 1. The van der Waals surface area contributed by atoms with Crippen molar-refractivity contribution >= 4 is 33.2 Å². The van der Waals surface area contributed by atoms with Gasteiger partial charge >= 0.3 is 0 Å². The number of carbonyl (C=O) groups excluding carboxylic acids is 1. The first-order chi connectivity index (χ1) is 10.5. The topological polar surface area (TPSA) is 66.5 Å². The molecule has 1 amide bonds. The van der Waals surface area contributed by atoms with Crippen molar-refractivity contribution in [3.05, 3.63) is 24.3 Å². The van der Waals surface area contributed by atoms with Crippen LogP contribution in [0.3, 0.4) is 0 Å². The molecule has 5 nitrogen and oxygen atoms in total. The minimum absolute atomic E-state index is 0.0746. The van der Waals surface area contributed by atoms with Gasteiger partial charge in [-0.2, -0.15) is 0 Å². The van der Waals surface area contributed by atoms with Crippen LogP contribution in [0, 0.1) is 0 Å². The number of para-hydroxylation sites is 1. The molecule has 22 heavy (non-hydrogen) atoms. The molecule has 0 unspecified atom stereocenters. The highest BCUT2D eigenvalue weighted by atomic mass is 32.2. The van der Waals surface area contributed by atoms with E-state index < -0.39 is 9.84 Å². The summed E-state index contributed by atoms with van der Waals surface area (Å²) in [5, 5.41) is 2.87. The van der Waals surface area contributed by atoms with Gasteiger partial charge in [0, 0.05) is 17.5 Å². The molecule has 0 aromatic heterocycles. The van der Waals surface area contributed by atoms with Crippen molar-refractivity contribution in [3.8, 4) is 0 Å². The fraction of sp³-hybridized carbons (Fsp3) is 0.533. The van der Waals surface area contributed by atoms with Crippen LogP contribution >= 0.6 is 11.8 Å². The van der Waals surface area contributed by atoms with Crippen LogP contribution < -0.4 is 10.2 Å². The highest BCUT2D eigenvalue weighted by Crippen LogP contribution is 2.33. The number of benzene rings is 1. The predicted molar refractivity (Wildman–Crippen MR) is 89.2 cm³/mol. The zero-order valence-electron chi connectivity index (χ0n) is 12.3. The van der Waals surface area contributed by atoms with Crippen LogP contribution in [0.1, 0.15) is 12.8 Å². The second-order valence-electron chi connectivity index (χ2n) is 5.76. The Balaban J connectivity index is 1.64. The third kappa shape index (κ3) is 3.76. The number of carbonyl (C=O) groups is 1. The number of anilines is 1. The van der Waals surface area contributed by atoms with Gasteiger partial charge in [0.05, 0.1) is 23.7 Å². The molecule has 1 N–H and O–H groups in total. The summed E-state index contributed by atoms with van der Waals surface area (Å²) in [6, 6.07) is 7.90. The van der Waals surface area contributed by atoms with Gasteiger partial charge in [0.1, 0.15) is 0 Å². The lowest BCUT2D eigenvalue weighted by molar-refractivity contribution is -0.120. The van der Waals surface area contributed by atoms with E-state index in [1.54, 1.807) is 0 Å². The van der Waals surface area contributed by atoms with Gasteiger partial charge in [0.2, 0.25) is 5.91 Å². The molecule has 1 fully saturated rings. The highest BCUT2D eigenvalue weighted by molar-refractivity contribution is 7.99. The van der Waals surface area contributed by atoms with Crippen molar-refractivity contribution < 1.29 is 13.2 Å². The molecule has 0 bridgehead atoms. The molecule has 0 aliphatic carbocycles. The maximum Gasteiger partial charge on any atom is 0.239 e. The minimum atomic E-state index is -2.96. The Bertz CT molecular complexity index is 661. The predicted octanol–water partition coefficient (Wildman–Crippen LogP) is 1.29. The Morgan fingerprint density at radius 1 is 1.36 bits per heavy atom. The fourth-order valence-electron chi connectivity index (χ4n) is 2.92. The zero-order valence-corrected chi connectivity index (χ0v) is 14.0. The number of sulfone groups is 1. The van der Waals surface area contributed by atoms with Crippen LogP contribution in [0.4, 0.5) is 5.69 Å². The molecule has 1 aromatic carbocycles. The normalized spacial score (nSPS) is 23.6. The van der Waals surface area contributed by atoms with E-state index in [4.69, 9.17) is 0 Å². The summed E-state index contributed by atoms with van der Waals surface area (Å²) < 4.78 is 22.9. The van der Waals surface area contributed by atoms with Gasteiger partial charge < -0.3 is 10.2 Å². The van der Waals surface area contributed by atoms with Gasteiger partial charge in [-0.25, -0.2) is 8.42 Å². The van der Waals surface area contributed by atoms with Crippen molar-refractivity contribution in [2.24, 2.45) is 0 Å². The summed E-state index contributed by atoms with van der Waals surface area (Å²) in [7, 11) is -2.96. The number of nitrogens with zero attached hydrogens (tertiary/aromatic N) is 1. The van der Waals surface area contributed by atoms with E-state index >= 15 is 0 Å². The molecule has 1 atom stereocenters.